The van der Waals surface area contributed by atoms with Gasteiger partial charge in [0.25, 0.3) is 5.91 Å². The molecule has 6 nitrogen and oxygen atoms in total. The highest BCUT2D eigenvalue weighted by molar-refractivity contribution is 5.95. The largest absolute Gasteiger partial charge is 0.493 e. The molecule has 3 aromatic rings. The van der Waals surface area contributed by atoms with Gasteiger partial charge in [-0.1, -0.05) is 6.07 Å². The van der Waals surface area contributed by atoms with E-state index >= 15 is 0 Å². The van der Waals surface area contributed by atoms with Gasteiger partial charge >= 0.3 is 0 Å². The molecule has 0 spiro atoms. The normalized spacial score (nSPS) is 13.1. The molecule has 1 aromatic heterocycles. The zero-order valence-corrected chi connectivity index (χ0v) is 17.1. The molecule has 6 heteroatoms. The van der Waals surface area contributed by atoms with Gasteiger partial charge in [0.2, 0.25) is 5.75 Å². The highest BCUT2D eigenvalue weighted by Crippen LogP contribution is 2.38. The molecule has 0 fully saturated rings. The van der Waals surface area contributed by atoms with E-state index < -0.39 is 0 Å². The summed E-state index contributed by atoms with van der Waals surface area (Å²) < 4.78 is 16.0. The average molecular weight is 394 g/mol. The molecule has 0 saturated carbocycles. The van der Waals surface area contributed by atoms with Crippen LogP contribution >= 0.6 is 0 Å². The Morgan fingerprint density at radius 3 is 2.41 bits per heavy atom. The third-order valence-electron chi connectivity index (χ3n) is 5.54. The van der Waals surface area contributed by atoms with Crippen LogP contribution in [0.4, 0.5) is 0 Å². The lowest BCUT2D eigenvalue weighted by atomic mass is 9.95. The summed E-state index contributed by atoms with van der Waals surface area (Å²) in [6.07, 6.45) is 4.73. The molecule has 2 N–H and O–H groups in total. The van der Waals surface area contributed by atoms with Gasteiger partial charge in [0, 0.05) is 28.7 Å². The van der Waals surface area contributed by atoms with Crippen LogP contribution in [0.1, 0.15) is 40.0 Å². The van der Waals surface area contributed by atoms with E-state index in [1.165, 1.54) is 56.3 Å². The zero-order valence-electron chi connectivity index (χ0n) is 17.1. The lowest BCUT2D eigenvalue weighted by Crippen LogP contribution is -2.23. The van der Waals surface area contributed by atoms with Crippen LogP contribution in [0, 0.1) is 0 Å². The molecule has 1 aliphatic carbocycles. The van der Waals surface area contributed by atoms with Crippen LogP contribution in [0.3, 0.4) is 0 Å². The van der Waals surface area contributed by atoms with Crippen LogP contribution in [-0.4, -0.2) is 32.2 Å². The fourth-order valence-corrected chi connectivity index (χ4v) is 4.06. The molecule has 0 unspecified atom stereocenters. The monoisotopic (exact) mass is 394 g/mol. The molecule has 0 saturated heterocycles. The predicted octanol–water partition coefficient (Wildman–Crippen LogP) is 4.00. The number of benzene rings is 2. The fraction of sp³-hybridized carbons (Fsp3) is 0.348. The van der Waals surface area contributed by atoms with Crippen molar-refractivity contribution >= 4 is 16.8 Å². The van der Waals surface area contributed by atoms with Crippen molar-refractivity contribution in [2.24, 2.45) is 0 Å². The van der Waals surface area contributed by atoms with Crippen molar-refractivity contribution in [2.45, 2.75) is 32.2 Å². The van der Waals surface area contributed by atoms with Crippen molar-refractivity contribution in [3.8, 4) is 17.2 Å². The molecule has 4 rings (SSSR count). The summed E-state index contributed by atoms with van der Waals surface area (Å²) >= 11 is 0. The number of amides is 1. The summed E-state index contributed by atoms with van der Waals surface area (Å²) in [6, 6.07) is 9.66. The van der Waals surface area contributed by atoms with E-state index in [1.54, 1.807) is 12.1 Å². The van der Waals surface area contributed by atoms with Crippen LogP contribution in [0.25, 0.3) is 10.9 Å². The molecule has 2 aromatic carbocycles. The smallest absolute Gasteiger partial charge is 0.251 e. The third kappa shape index (κ3) is 3.62. The van der Waals surface area contributed by atoms with Gasteiger partial charge in [0.05, 0.1) is 21.3 Å². The van der Waals surface area contributed by atoms with Gasteiger partial charge < -0.3 is 24.5 Å². The molecule has 29 heavy (non-hydrogen) atoms. The number of aromatic nitrogens is 1. The number of carbonyl (C=O) groups is 1. The van der Waals surface area contributed by atoms with Gasteiger partial charge in [-0.2, -0.15) is 0 Å². The molecule has 0 atom stereocenters. The maximum absolute atomic E-state index is 12.7. The molecule has 1 amide bonds. The van der Waals surface area contributed by atoms with E-state index in [4.69, 9.17) is 14.2 Å². The Hall–Kier alpha value is -3.15. The van der Waals surface area contributed by atoms with Gasteiger partial charge in [0.1, 0.15) is 0 Å². The van der Waals surface area contributed by atoms with Crippen LogP contribution in [-0.2, 0) is 19.4 Å². The highest BCUT2D eigenvalue weighted by Gasteiger charge is 2.18. The van der Waals surface area contributed by atoms with E-state index in [2.05, 4.69) is 28.5 Å². The van der Waals surface area contributed by atoms with Crippen LogP contribution in [0.5, 0.6) is 17.2 Å². The number of hydrogen-bond acceptors (Lipinski definition) is 4. The minimum absolute atomic E-state index is 0.194. The van der Waals surface area contributed by atoms with Crippen molar-refractivity contribution in [2.75, 3.05) is 21.3 Å². The minimum Gasteiger partial charge on any atom is -0.493 e. The number of fused-ring (bicyclic) bond motifs is 3. The van der Waals surface area contributed by atoms with E-state index in [1.807, 2.05) is 0 Å². The van der Waals surface area contributed by atoms with Gasteiger partial charge in [-0.05, 0) is 61.1 Å². The van der Waals surface area contributed by atoms with E-state index in [0.29, 0.717) is 29.4 Å². The fourth-order valence-electron chi connectivity index (χ4n) is 4.06. The van der Waals surface area contributed by atoms with Gasteiger partial charge in [0.15, 0.2) is 11.5 Å². The Labute approximate surface area is 170 Å². The van der Waals surface area contributed by atoms with E-state index in [-0.39, 0.29) is 5.91 Å². The standard InChI is InChI=1S/C23H26N2O4/c1-27-20-11-15(12-21(28-2)22(20)29-3)23(26)24-13-14-8-9-19-17(10-14)16-6-4-5-7-18(16)25-19/h8-12,25H,4-7,13H2,1-3H3,(H,24,26). The van der Waals surface area contributed by atoms with Crippen molar-refractivity contribution in [1.82, 2.24) is 10.3 Å². The number of ether oxygens (including phenoxy) is 3. The third-order valence-corrected chi connectivity index (χ3v) is 5.54. The SMILES string of the molecule is COc1cc(C(=O)NCc2ccc3[nH]c4c(c3c2)CCCC4)cc(OC)c1OC. The number of carbonyl (C=O) groups excluding carboxylic acids is 1. The number of aromatic amines is 1. The number of H-pyrrole nitrogens is 1. The molecule has 0 aliphatic heterocycles. The molecule has 1 aliphatic rings. The lowest BCUT2D eigenvalue weighted by molar-refractivity contribution is 0.0950. The zero-order chi connectivity index (χ0) is 20.4. The number of nitrogens with one attached hydrogen (secondary N) is 2. The Morgan fingerprint density at radius 2 is 1.72 bits per heavy atom. The van der Waals surface area contributed by atoms with E-state index in [9.17, 15) is 4.79 Å². The van der Waals surface area contributed by atoms with Crippen LogP contribution < -0.4 is 19.5 Å². The average Bonchev–Trinajstić information content (AvgIpc) is 3.14. The summed E-state index contributed by atoms with van der Waals surface area (Å²) in [5.41, 5.74) is 5.51. The molecular weight excluding hydrogens is 368 g/mol. The van der Waals surface area contributed by atoms with Crippen LogP contribution in [0.15, 0.2) is 30.3 Å². The number of hydrogen-bond donors (Lipinski definition) is 2. The molecule has 0 bridgehead atoms. The highest BCUT2D eigenvalue weighted by atomic mass is 16.5. The summed E-state index contributed by atoms with van der Waals surface area (Å²) in [4.78, 5) is 16.3. The second-order valence-corrected chi connectivity index (χ2v) is 7.27. The Kier molecular flexibility index (Phi) is 5.34. The van der Waals surface area contributed by atoms with Gasteiger partial charge in [-0.3, -0.25) is 4.79 Å². The summed E-state index contributed by atoms with van der Waals surface area (Å²) in [7, 11) is 4.60. The first-order valence-electron chi connectivity index (χ1n) is 9.85. The molecular formula is C23H26N2O4. The van der Waals surface area contributed by atoms with Gasteiger partial charge in [-0.25, -0.2) is 0 Å². The topological polar surface area (TPSA) is 72.6 Å². The van der Waals surface area contributed by atoms with Crippen molar-refractivity contribution < 1.29 is 19.0 Å². The predicted molar refractivity (Wildman–Crippen MR) is 112 cm³/mol. The summed E-state index contributed by atoms with van der Waals surface area (Å²) in [6.45, 7) is 0.450. The molecule has 0 radical (unpaired) electrons. The second-order valence-electron chi connectivity index (χ2n) is 7.27. The maximum Gasteiger partial charge on any atom is 0.251 e. The summed E-state index contributed by atoms with van der Waals surface area (Å²) in [5.74, 6) is 1.18. The first-order chi connectivity index (χ1) is 14.1. The van der Waals surface area contributed by atoms with Crippen molar-refractivity contribution in [3.05, 3.63) is 52.7 Å². The van der Waals surface area contributed by atoms with E-state index in [0.717, 1.165) is 18.4 Å². The number of rotatable bonds is 6. The quantitative estimate of drug-likeness (QED) is 0.663. The lowest BCUT2D eigenvalue weighted by Gasteiger charge is -2.14. The molecule has 152 valence electrons. The summed E-state index contributed by atoms with van der Waals surface area (Å²) in [5, 5.41) is 4.27. The Morgan fingerprint density at radius 1 is 1.00 bits per heavy atom. The maximum atomic E-state index is 12.7. The number of methoxy groups -OCH3 is 3. The minimum atomic E-state index is -0.194. The number of aryl methyl sites for hydroxylation is 2. The second kappa shape index (κ2) is 8.07. The Balaban J connectivity index is 1.54. The van der Waals surface area contributed by atoms with Gasteiger partial charge in [-0.15, -0.1) is 0 Å². The molecule has 1 heterocycles. The van der Waals surface area contributed by atoms with Crippen LogP contribution in [0.2, 0.25) is 0 Å². The van der Waals surface area contributed by atoms with Crippen molar-refractivity contribution in [3.63, 3.8) is 0 Å². The van der Waals surface area contributed by atoms with Crippen molar-refractivity contribution in [1.29, 1.82) is 0 Å². The Bertz CT molecular complexity index is 1030. The first kappa shape index (κ1) is 19.2. The first-order valence-corrected chi connectivity index (χ1v) is 9.85.